The SMILES string of the molecule is CS(=O)(=O)O.Cc1ccn(C2CN([C@H]3CC[C@H]([C@@H](C)c4sc5c(c4C)C(=O)N(Cc4c(C)cc(C)[nH]c4=O)CC5)CC3)C2)n1. The van der Waals surface area contributed by atoms with Crippen LogP contribution in [0.1, 0.15) is 92.8 Å². The summed E-state index contributed by atoms with van der Waals surface area (Å²) in [6.07, 6.45) is 8.75. The molecule has 1 atom stereocenters. The molecule has 2 N–H and O–H groups in total. The number of hydrogen-bond acceptors (Lipinski definition) is 7. The predicted molar refractivity (Wildman–Crippen MR) is 173 cm³/mol. The average Bonchev–Trinajstić information content (AvgIpc) is 3.48. The van der Waals surface area contributed by atoms with Gasteiger partial charge in [0.2, 0.25) is 0 Å². The van der Waals surface area contributed by atoms with Crippen molar-refractivity contribution < 1.29 is 17.8 Å². The zero-order chi connectivity index (χ0) is 31.9. The van der Waals surface area contributed by atoms with Gasteiger partial charge in [-0.05, 0) is 88.5 Å². The summed E-state index contributed by atoms with van der Waals surface area (Å²) in [5, 5.41) is 4.61. The minimum absolute atomic E-state index is 0.0803. The molecule has 10 nitrogen and oxygen atoms in total. The minimum atomic E-state index is -3.67. The minimum Gasteiger partial charge on any atom is -0.334 e. The van der Waals surface area contributed by atoms with Gasteiger partial charge in [0.05, 0.1) is 30.1 Å². The lowest BCUT2D eigenvalue weighted by molar-refractivity contribution is 0.0269. The summed E-state index contributed by atoms with van der Waals surface area (Å²) in [6, 6.07) is 5.31. The summed E-state index contributed by atoms with van der Waals surface area (Å²) in [5.41, 5.74) is 5.60. The van der Waals surface area contributed by atoms with Gasteiger partial charge in [-0.15, -0.1) is 11.3 Å². The Morgan fingerprint density at radius 3 is 2.34 bits per heavy atom. The van der Waals surface area contributed by atoms with E-state index < -0.39 is 10.1 Å². The molecule has 240 valence electrons. The summed E-state index contributed by atoms with van der Waals surface area (Å²) >= 11 is 1.87. The fourth-order valence-electron chi connectivity index (χ4n) is 7.17. The van der Waals surface area contributed by atoms with Crippen molar-refractivity contribution in [1.82, 2.24) is 24.6 Å². The lowest BCUT2D eigenvalue weighted by atomic mass is 9.76. The molecule has 2 fully saturated rings. The third-order valence-electron chi connectivity index (χ3n) is 9.59. The maximum absolute atomic E-state index is 13.6. The number of aromatic amines is 1. The second kappa shape index (κ2) is 12.9. The van der Waals surface area contributed by atoms with Crippen LogP contribution in [-0.4, -0.2) is 75.4 Å². The van der Waals surface area contributed by atoms with E-state index in [4.69, 9.17) is 4.55 Å². The number of rotatable bonds is 6. The average molecular weight is 644 g/mol. The molecule has 2 aliphatic heterocycles. The van der Waals surface area contributed by atoms with E-state index in [9.17, 15) is 18.0 Å². The molecule has 3 aromatic heterocycles. The molecule has 0 aromatic carbocycles. The molecule has 0 spiro atoms. The van der Waals surface area contributed by atoms with Gasteiger partial charge in [-0.3, -0.25) is 23.7 Å². The van der Waals surface area contributed by atoms with Gasteiger partial charge in [-0.2, -0.15) is 13.5 Å². The van der Waals surface area contributed by atoms with Gasteiger partial charge < -0.3 is 9.88 Å². The number of pyridine rings is 1. The molecule has 1 saturated carbocycles. The Morgan fingerprint density at radius 2 is 1.75 bits per heavy atom. The molecule has 12 heteroatoms. The van der Waals surface area contributed by atoms with E-state index >= 15 is 0 Å². The van der Waals surface area contributed by atoms with Gasteiger partial charge in [-0.1, -0.05) is 6.92 Å². The fourth-order valence-corrected chi connectivity index (χ4v) is 8.60. The number of carbonyl (C=O) groups excluding carboxylic acids is 1. The zero-order valence-electron chi connectivity index (χ0n) is 26.6. The quantitative estimate of drug-likeness (QED) is 0.370. The first-order chi connectivity index (χ1) is 20.7. The first kappa shape index (κ1) is 32.6. The van der Waals surface area contributed by atoms with Crippen LogP contribution in [-0.2, 0) is 23.1 Å². The smallest absolute Gasteiger partial charge is 0.261 e. The standard InChI is InChI=1S/C31H41N5O2S.CH4O3S/c1-18-14-20(3)32-30(37)26(18)17-34-12-11-27-28(31(34)38)22(5)29(39-27)21(4)23-6-8-24(9-7-23)35-15-25(16-35)36-13-10-19(2)33-36;1-5(2,3)4/h10,13-14,21,23-25H,6-9,11-12,15-17H2,1-5H3,(H,32,37);1H3,(H,2,3,4)/t21-,23-,24-;/m1./s1. The first-order valence-electron chi connectivity index (χ1n) is 15.5. The van der Waals surface area contributed by atoms with Gasteiger partial charge in [0, 0.05) is 59.3 Å². The summed E-state index contributed by atoms with van der Waals surface area (Å²) in [6.45, 7) is 13.7. The number of thiophene rings is 1. The number of hydrogen-bond donors (Lipinski definition) is 2. The normalized spacial score (nSPS) is 21.8. The number of nitrogens with one attached hydrogen (secondary N) is 1. The molecule has 6 rings (SSSR count). The highest BCUT2D eigenvalue weighted by molar-refractivity contribution is 7.85. The largest absolute Gasteiger partial charge is 0.334 e. The fraction of sp³-hybridized carbons (Fsp3) is 0.594. The number of H-pyrrole nitrogens is 1. The van der Waals surface area contributed by atoms with E-state index in [0.717, 1.165) is 42.0 Å². The molecule has 0 bridgehead atoms. The first-order valence-corrected chi connectivity index (χ1v) is 18.1. The van der Waals surface area contributed by atoms with E-state index in [-0.39, 0.29) is 11.5 Å². The van der Waals surface area contributed by atoms with Gasteiger partial charge in [0.25, 0.3) is 21.6 Å². The van der Waals surface area contributed by atoms with Crippen molar-refractivity contribution in [1.29, 1.82) is 0 Å². The molecule has 0 radical (unpaired) electrons. The van der Waals surface area contributed by atoms with Gasteiger partial charge in [0.15, 0.2) is 0 Å². The number of aromatic nitrogens is 3. The summed E-state index contributed by atoms with van der Waals surface area (Å²) in [4.78, 5) is 36.3. The summed E-state index contributed by atoms with van der Waals surface area (Å²) in [5.74, 6) is 1.23. The van der Waals surface area contributed by atoms with Crippen LogP contribution in [0.25, 0.3) is 0 Å². The lowest BCUT2D eigenvalue weighted by Crippen LogP contribution is -2.53. The third kappa shape index (κ3) is 7.19. The van der Waals surface area contributed by atoms with Crippen LogP contribution in [0.3, 0.4) is 0 Å². The second-order valence-corrected chi connectivity index (χ2v) is 15.5. The Hall–Kier alpha value is -2.80. The highest BCUT2D eigenvalue weighted by Gasteiger charge is 2.38. The summed E-state index contributed by atoms with van der Waals surface area (Å²) in [7, 11) is -3.67. The summed E-state index contributed by atoms with van der Waals surface area (Å²) < 4.78 is 28.0. The van der Waals surface area contributed by atoms with Crippen LogP contribution >= 0.6 is 11.3 Å². The molecule has 1 saturated heterocycles. The van der Waals surface area contributed by atoms with Crippen LogP contribution < -0.4 is 5.56 Å². The second-order valence-electron chi connectivity index (χ2n) is 12.9. The Balaban J connectivity index is 0.000000712. The molecule has 1 amide bonds. The topological polar surface area (TPSA) is 129 Å². The van der Waals surface area contributed by atoms with Crippen LogP contribution in [0.4, 0.5) is 0 Å². The highest BCUT2D eigenvalue weighted by Crippen LogP contribution is 2.44. The van der Waals surface area contributed by atoms with E-state index in [1.807, 2.05) is 36.2 Å². The number of carbonyl (C=O) groups is 1. The number of amides is 1. The van der Waals surface area contributed by atoms with Gasteiger partial charge >= 0.3 is 0 Å². The molecule has 3 aromatic rings. The van der Waals surface area contributed by atoms with Crippen molar-refractivity contribution >= 4 is 27.4 Å². The molecule has 1 aliphatic carbocycles. The van der Waals surface area contributed by atoms with Gasteiger partial charge in [-0.25, -0.2) is 0 Å². The van der Waals surface area contributed by atoms with E-state index in [0.29, 0.717) is 48.8 Å². The van der Waals surface area contributed by atoms with Crippen molar-refractivity contribution in [2.45, 2.75) is 91.3 Å². The molecule has 5 heterocycles. The Labute approximate surface area is 264 Å². The van der Waals surface area contributed by atoms with E-state index in [2.05, 4.69) is 52.7 Å². The number of fused-ring (bicyclic) bond motifs is 1. The maximum Gasteiger partial charge on any atom is 0.261 e. The van der Waals surface area contributed by atoms with Crippen LogP contribution in [0, 0.1) is 33.6 Å². The Bertz CT molecular complexity index is 1670. The van der Waals surface area contributed by atoms with Crippen molar-refractivity contribution in [2.75, 3.05) is 25.9 Å². The van der Waals surface area contributed by atoms with Crippen molar-refractivity contribution in [3.63, 3.8) is 0 Å². The number of nitrogens with zero attached hydrogens (tertiary/aromatic N) is 4. The van der Waals surface area contributed by atoms with Crippen LogP contribution in [0.2, 0.25) is 0 Å². The van der Waals surface area contributed by atoms with Crippen molar-refractivity contribution in [2.24, 2.45) is 5.92 Å². The third-order valence-corrected chi connectivity index (χ3v) is 11.1. The van der Waals surface area contributed by atoms with Crippen molar-refractivity contribution in [3.8, 4) is 0 Å². The van der Waals surface area contributed by atoms with E-state index in [1.54, 1.807) is 0 Å². The lowest BCUT2D eigenvalue weighted by Gasteiger charge is -2.47. The molecular weight excluding hydrogens is 599 g/mol. The Morgan fingerprint density at radius 1 is 1.09 bits per heavy atom. The number of likely N-dealkylation sites (tertiary alicyclic amines) is 1. The molecular formula is C32H45N5O5S2. The van der Waals surface area contributed by atoms with Gasteiger partial charge in [0.1, 0.15) is 0 Å². The van der Waals surface area contributed by atoms with Crippen LogP contribution in [0.5, 0.6) is 0 Å². The number of aryl methyl sites for hydroxylation is 3. The molecule has 44 heavy (non-hydrogen) atoms. The molecule has 3 aliphatic rings. The van der Waals surface area contributed by atoms with E-state index in [1.165, 1.54) is 41.0 Å². The van der Waals surface area contributed by atoms with Crippen LogP contribution in [0.15, 0.2) is 23.1 Å². The molecule has 0 unspecified atom stereocenters. The maximum atomic E-state index is 13.6. The zero-order valence-corrected chi connectivity index (χ0v) is 28.2. The Kier molecular flexibility index (Phi) is 9.55. The highest BCUT2D eigenvalue weighted by atomic mass is 32.2. The van der Waals surface area contributed by atoms with Crippen molar-refractivity contribution in [3.05, 3.63) is 72.1 Å². The monoisotopic (exact) mass is 643 g/mol. The predicted octanol–water partition coefficient (Wildman–Crippen LogP) is 4.79.